The summed E-state index contributed by atoms with van der Waals surface area (Å²) in [6.45, 7) is 3.77. The zero-order valence-corrected chi connectivity index (χ0v) is 10.5. The molecule has 0 spiro atoms. The van der Waals surface area contributed by atoms with Gasteiger partial charge in [-0.3, -0.25) is 9.59 Å². The van der Waals surface area contributed by atoms with Gasteiger partial charge in [0, 0.05) is 12.2 Å². The molecule has 0 saturated heterocycles. The summed E-state index contributed by atoms with van der Waals surface area (Å²) in [5.74, 6) is -1.90. The van der Waals surface area contributed by atoms with E-state index in [4.69, 9.17) is 10.2 Å². The van der Waals surface area contributed by atoms with E-state index >= 15 is 0 Å². The van der Waals surface area contributed by atoms with E-state index in [1.807, 2.05) is 32.0 Å². The monoisotopic (exact) mass is 251 g/mol. The van der Waals surface area contributed by atoms with Crippen LogP contribution >= 0.6 is 0 Å². The van der Waals surface area contributed by atoms with Crippen LogP contribution in [0.25, 0.3) is 0 Å². The number of hydrogen-bond acceptors (Lipinski definition) is 3. The van der Waals surface area contributed by atoms with Gasteiger partial charge in [-0.25, -0.2) is 0 Å². The van der Waals surface area contributed by atoms with E-state index in [1.54, 1.807) is 4.90 Å². The van der Waals surface area contributed by atoms with Crippen LogP contribution in [-0.2, 0) is 9.59 Å². The Morgan fingerprint density at radius 1 is 1.11 bits per heavy atom. The summed E-state index contributed by atoms with van der Waals surface area (Å²) in [5.41, 5.74) is 2.70. The maximum atomic E-state index is 10.9. The number of anilines is 1. The summed E-state index contributed by atoms with van der Waals surface area (Å²) >= 11 is 0. The first kappa shape index (κ1) is 14.0. The van der Waals surface area contributed by atoms with Crippen LogP contribution in [0.15, 0.2) is 18.2 Å². The number of aryl methyl sites for hydroxylation is 2. The van der Waals surface area contributed by atoms with Crippen molar-refractivity contribution in [2.24, 2.45) is 0 Å². The quantitative estimate of drug-likeness (QED) is 0.804. The van der Waals surface area contributed by atoms with E-state index in [9.17, 15) is 9.59 Å². The van der Waals surface area contributed by atoms with E-state index in [0.29, 0.717) is 0 Å². The Hall–Kier alpha value is -2.04. The summed E-state index contributed by atoms with van der Waals surface area (Å²) in [5, 5.41) is 17.6. The number of benzene rings is 1. The SMILES string of the molecule is Cc1cccc(C)c1N(CCC(=O)O)CC(=O)O. The zero-order valence-electron chi connectivity index (χ0n) is 10.5. The normalized spacial score (nSPS) is 10.1. The lowest BCUT2D eigenvalue weighted by Crippen LogP contribution is -2.32. The molecule has 1 rings (SSSR count). The van der Waals surface area contributed by atoms with Gasteiger partial charge in [0.15, 0.2) is 0 Å². The van der Waals surface area contributed by atoms with Gasteiger partial charge in [0.05, 0.1) is 6.42 Å². The summed E-state index contributed by atoms with van der Waals surface area (Å²) in [6, 6.07) is 5.67. The molecule has 2 N–H and O–H groups in total. The average molecular weight is 251 g/mol. The molecular weight excluding hydrogens is 234 g/mol. The Morgan fingerprint density at radius 3 is 2.11 bits per heavy atom. The minimum atomic E-state index is -0.969. The second-order valence-corrected chi connectivity index (χ2v) is 4.20. The summed E-state index contributed by atoms with van der Waals surface area (Å²) in [7, 11) is 0. The Kier molecular flexibility index (Phi) is 4.71. The van der Waals surface area contributed by atoms with Crippen molar-refractivity contribution in [2.75, 3.05) is 18.0 Å². The molecule has 0 aromatic heterocycles. The Balaban J connectivity index is 3.00. The predicted molar refractivity (Wildman–Crippen MR) is 68.0 cm³/mol. The molecule has 0 atom stereocenters. The van der Waals surface area contributed by atoms with Crippen molar-refractivity contribution in [3.8, 4) is 0 Å². The van der Waals surface area contributed by atoms with Crippen LogP contribution in [0, 0.1) is 13.8 Å². The van der Waals surface area contributed by atoms with Crippen molar-refractivity contribution in [1.82, 2.24) is 0 Å². The number of carboxylic acids is 2. The van der Waals surface area contributed by atoms with Crippen LogP contribution in [0.3, 0.4) is 0 Å². The largest absolute Gasteiger partial charge is 0.481 e. The highest BCUT2D eigenvalue weighted by Gasteiger charge is 2.15. The van der Waals surface area contributed by atoms with Crippen LogP contribution in [0.1, 0.15) is 17.5 Å². The number of carboxylic acid groups (broad SMARTS) is 2. The molecule has 1 aromatic carbocycles. The molecule has 0 bridgehead atoms. The number of carbonyl (C=O) groups is 2. The van der Waals surface area contributed by atoms with E-state index in [-0.39, 0.29) is 19.5 Å². The topological polar surface area (TPSA) is 77.8 Å². The average Bonchev–Trinajstić information content (AvgIpc) is 2.24. The minimum absolute atomic E-state index is 0.0823. The van der Waals surface area contributed by atoms with Crippen LogP contribution in [0.5, 0.6) is 0 Å². The highest BCUT2D eigenvalue weighted by molar-refractivity contribution is 5.76. The van der Waals surface area contributed by atoms with Gasteiger partial charge in [-0.05, 0) is 25.0 Å². The highest BCUT2D eigenvalue weighted by atomic mass is 16.4. The molecule has 0 aliphatic heterocycles. The lowest BCUT2D eigenvalue weighted by Gasteiger charge is -2.25. The van der Waals surface area contributed by atoms with Crippen molar-refractivity contribution in [2.45, 2.75) is 20.3 Å². The number of nitrogens with zero attached hydrogens (tertiary/aromatic N) is 1. The molecule has 0 saturated carbocycles. The van der Waals surface area contributed by atoms with Gasteiger partial charge in [-0.15, -0.1) is 0 Å². The Bertz CT molecular complexity index is 436. The number of hydrogen-bond donors (Lipinski definition) is 2. The van der Waals surface area contributed by atoms with Crippen molar-refractivity contribution in [3.63, 3.8) is 0 Å². The van der Waals surface area contributed by atoms with E-state index in [0.717, 1.165) is 16.8 Å². The smallest absolute Gasteiger partial charge is 0.323 e. The first-order valence-electron chi connectivity index (χ1n) is 5.66. The van der Waals surface area contributed by atoms with E-state index < -0.39 is 11.9 Å². The van der Waals surface area contributed by atoms with E-state index in [1.165, 1.54) is 0 Å². The standard InChI is InChI=1S/C13H17NO4/c1-9-4-3-5-10(2)13(9)14(8-12(17)18)7-6-11(15)16/h3-5H,6-8H2,1-2H3,(H,15,16)(H,17,18). The van der Waals surface area contributed by atoms with Crippen molar-refractivity contribution in [1.29, 1.82) is 0 Å². The second-order valence-electron chi connectivity index (χ2n) is 4.20. The summed E-state index contributed by atoms with van der Waals surface area (Å²) < 4.78 is 0. The number of aliphatic carboxylic acids is 2. The van der Waals surface area contributed by atoms with Gasteiger partial charge >= 0.3 is 11.9 Å². The highest BCUT2D eigenvalue weighted by Crippen LogP contribution is 2.24. The molecular formula is C13H17NO4. The third kappa shape index (κ3) is 3.76. The Morgan fingerprint density at radius 2 is 1.67 bits per heavy atom. The summed E-state index contributed by atoms with van der Waals surface area (Å²) in [4.78, 5) is 23.1. The maximum Gasteiger partial charge on any atom is 0.323 e. The number of para-hydroxylation sites is 1. The van der Waals surface area contributed by atoms with Gasteiger partial charge in [0.1, 0.15) is 6.54 Å². The van der Waals surface area contributed by atoms with Gasteiger partial charge in [-0.2, -0.15) is 0 Å². The fourth-order valence-electron chi connectivity index (χ4n) is 1.97. The fraction of sp³-hybridized carbons (Fsp3) is 0.385. The first-order valence-corrected chi connectivity index (χ1v) is 5.66. The van der Waals surface area contributed by atoms with Crippen molar-refractivity contribution in [3.05, 3.63) is 29.3 Å². The molecule has 0 heterocycles. The predicted octanol–water partition coefficient (Wildman–Crippen LogP) is 1.67. The molecule has 0 aliphatic carbocycles. The molecule has 0 unspecified atom stereocenters. The molecule has 0 radical (unpaired) electrons. The molecule has 98 valence electrons. The first-order chi connectivity index (χ1) is 8.41. The van der Waals surface area contributed by atoms with Gasteiger partial charge in [0.2, 0.25) is 0 Å². The molecule has 5 nitrogen and oxygen atoms in total. The van der Waals surface area contributed by atoms with Crippen LogP contribution in [0.4, 0.5) is 5.69 Å². The zero-order chi connectivity index (χ0) is 13.7. The molecule has 5 heteroatoms. The third-order valence-electron chi connectivity index (χ3n) is 2.68. The third-order valence-corrected chi connectivity index (χ3v) is 2.68. The lowest BCUT2D eigenvalue weighted by molar-refractivity contribution is -0.138. The van der Waals surface area contributed by atoms with Crippen LogP contribution < -0.4 is 4.90 Å². The maximum absolute atomic E-state index is 10.9. The lowest BCUT2D eigenvalue weighted by atomic mass is 10.1. The Labute approximate surface area is 106 Å². The fourth-order valence-corrected chi connectivity index (χ4v) is 1.97. The second kappa shape index (κ2) is 6.05. The van der Waals surface area contributed by atoms with Crippen LogP contribution in [-0.4, -0.2) is 35.2 Å². The molecule has 0 fully saturated rings. The molecule has 0 aliphatic rings. The van der Waals surface area contributed by atoms with Crippen molar-refractivity contribution >= 4 is 17.6 Å². The summed E-state index contributed by atoms with van der Waals surface area (Å²) in [6.07, 6.45) is -0.0823. The van der Waals surface area contributed by atoms with Crippen LogP contribution in [0.2, 0.25) is 0 Å². The van der Waals surface area contributed by atoms with Gasteiger partial charge < -0.3 is 15.1 Å². The van der Waals surface area contributed by atoms with Gasteiger partial charge in [-0.1, -0.05) is 18.2 Å². The van der Waals surface area contributed by atoms with Gasteiger partial charge in [0.25, 0.3) is 0 Å². The minimum Gasteiger partial charge on any atom is -0.481 e. The van der Waals surface area contributed by atoms with E-state index in [2.05, 4.69) is 0 Å². The number of rotatable bonds is 6. The molecule has 0 amide bonds. The molecule has 1 aromatic rings. The van der Waals surface area contributed by atoms with Crippen molar-refractivity contribution < 1.29 is 19.8 Å². The molecule has 18 heavy (non-hydrogen) atoms.